The maximum atomic E-state index is 13.8. The molecule has 6 nitrogen and oxygen atoms in total. The summed E-state index contributed by atoms with van der Waals surface area (Å²) in [5.74, 6) is -0.119. The van der Waals surface area contributed by atoms with Crippen molar-refractivity contribution in [3.63, 3.8) is 0 Å². The van der Waals surface area contributed by atoms with Crippen LogP contribution in [0.1, 0.15) is 57.9 Å². The van der Waals surface area contributed by atoms with Gasteiger partial charge in [0.05, 0.1) is 32.2 Å². The van der Waals surface area contributed by atoms with E-state index in [9.17, 15) is 14.7 Å². The number of hydrogen-bond acceptors (Lipinski definition) is 4. The van der Waals surface area contributed by atoms with Gasteiger partial charge in [-0.3, -0.25) is 9.59 Å². The Kier molecular flexibility index (Phi) is 7.28. The number of ether oxygens (including phenoxy) is 1. The zero-order chi connectivity index (χ0) is 24.1. The average Bonchev–Trinajstić information content (AvgIpc) is 2.89. The number of aliphatic hydroxyl groups excluding tert-OH is 1. The number of hydrogen-bond donors (Lipinski definition) is 2. The van der Waals surface area contributed by atoms with E-state index in [2.05, 4.69) is 5.32 Å². The molecule has 0 fully saturated rings. The molecular formula is C28H30N2O4. The van der Waals surface area contributed by atoms with Gasteiger partial charge in [-0.15, -0.1) is 0 Å². The summed E-state index contributed by atoms with van der Waals surface area (Å²) in [6, 6.07) is 21.9. The molecule has 0 saturated carbocycles. The van der Waals surface area contributed by atoms with Crippen molar-refractivity contribution in [2.75, 3.05) is 13.7 Å². The van der Waals surface area contributed by atoms with Gasteiger partial charge in [0.25, 0.3) is 5.91 Å². The third-order valence-electron chi connectivity index (χ3n) is 6.31. The lowest BCUT2D eigenvalue weighted by atomic mass is 9.78. The number of para-hydroxylation sites is 1. The van der Waals surface area contributed by atoms with Crippen molar-refractivity contribution in [1.29, 1.82) is 0 Å². The van der Waals surface area contributed by atoms with Gasteiger partial charge in [-0.05, 0) is 35.2 Å². The van der Waals surface area contributed by atoms with Gasteiger partial charge in [0.1, 0.15) is 5.75 Å². The third kappa shape index (κ3) is 4.54. The fourth-order valence-corrected chi connectivity index (χ4v) is 4.62. The minimum Gasteiger partial charge on any atom is -0.496 e. The first-order valence-electron chi connectivity index (χ1n) is 11.6. The topological polar surface area (TPSA) is 78.9 Å². The molecule has 2 amide bonds. The Morgan fingerprint density at radius 3 is 2.44 bits per heavy atom. The first-order valence-corrected chi connectivity index (χ1v) is 11.6. The van der Waals surface area contributed by atoms with E-state index in [1.165, 1.54) is 0 Å². The molecule has 0 saturated heterocycles. The number of benzene rings is 3. The van der Waals surface area contributed by atoms with E-state index >= 15 is 0 Å². The Bertz CT molecular complexity index is 1160. The maximum absolute atomic E-state index is 13.8. The highest BCUT2D eigenvalue weighted by Gasteiger charge is 2.44. The normalized spacial score (nSPS) is 17.3. The molecular weight excluding hydrogens is 428 g/mol. The monoisotopic (exact) mass is 458 g/mol. The van der Waals surface area contributed by atoms with Crippen LogP contribution in [-0.4, -0.2) is 35.5 Å². The summed E-state index contributed by atoms with van der Waals surface area (Å²) in [6.07, 6.45) is 0.819. The predicted molar refractivity (Wildman–Crippen MR) is 130 cm³/mol. The van der Waals surface area contributed by atoms with Gasteiger partial charge in [-0.25, -0.2) is 0 Å². The molecule has 2 N–H and O–H groups in total. The molecule has 176 valence electrons. The molecule has 1 heterocycles. The summed E-state index contributed by atoms with van der Waals surface area (Å²) in [5.41, 5.74) is 3.74. The number of fused-ring (bicyclic) bond motifs is 1. The van der Waals surface area contributed by atoms with Gasteiger partial charge < -0.3 is 20.1 Å². The molecule has 0 aromatic heterocycles. The van der Waals surface area contributed by atoms with Crippen molar-refractivity contribution in [2.45, 2.75) is 38.5 Å². The highest BCUT2D eigenvalue weighted by atomic mass is 16.5. The minimum absolute atomic E-state index is 0.0714. The quantitative estimate of drug-likeness (QED) is 0.530. The average molecular weight is 459 g/mol. The van der Waals surface area contributed by atoms with Crippen molar-refractivity contribution in [1.82, 2.24) is 10.2 Å². The fourth-order valence-electron chi connectivity index (χ4n) is 4.62. The van der Waals surface area contributed by atoms with Crippen LogP contribution in [0.25, 0.3) is 0 Å². The van der Waals surface area contributed by atoms with Crippen LogP contribution in [0.15, 0.2) is 72.8 Å². The van der Waals surface area contributed by atoms with E-state index < -0.39 is 12.0 Å². The molecule has 3 aromatic carbocycles. The van der Waals surface area contributed by atoms with E-state index in [4.69, 9.17) is 4.74 Å². The number of methoxy groups -OCH3 is 1. The Morgan fingerprint density at radius 2 is 1.74 bits per heavy atom. The number of nitrogens with one attached hydrogen (secondary N) is 1. The molecule has 0 unspecified atom stereocenters. The second-order valence-corrected chi connectivity index (χ2v) is 8.45. The minimum atomic E-state index is -0.574. The summed E-state index contributed by atoms with van der Waals surface area (Å²) in [4.78, 5) is 29.1. The van der Waals surface area contributed by atoms with Crippen LogP contribution in [0.4, 0.5) is 0 Å². The van der Waals surface area contributed by atoms with E-state index in [0.29, 0.717) is 24.4 Å². The smallest absolute Gasteiger partial charge is 0.255 e. The SMILES string of the molecule is CCCNC(=O)[C@@H]1c2ccccc2C(=O)N(Cc2ccccc2OC)[C@H]1c1ccc(CO)cc1. The maximum Gasteiger partial charge on any atom is 0.255 e. The molecule has 0 aliphatic carbocycles. The van der Waals surface area contributed by atoms with E-state index in [1.54, 1.807) is 18.1 Å². The molecule has 0 radical (unpaired) electrons. The summed E-state index contributed by atoms with van der Waals surface area (Å²) >= 11 is 0. The van der Waals surface area contributed by atoms with Crippen LogP contribution in [-0.2, 0) is 17.9 Å². The molecule has 2 atom stereocenters. The van der Waals surface area contributed by atoms with Crippen LogP contribution >= 0.6 is 0 Å². The van der Waals surface area contributed by atoms with Crippen LogP contribution in [0, 0.1) is 0 Å². The summed E-state index contributed by atoms with van der Waals surface area (Å²) in [5, 5.41) is 12.6. The standard InChI is InChI=1S/C28H30N2O4/c1-3-16-29-27(32)25-22-9-5-6-10-23(22)28(33)30(17-21-8-4-7-11-24(21)34-2)26(25)20-14-12-19(18-31)13-15-20/h4-15,25-26,31H,3,16-18H2,1-2H3,(H,29,32)/t25-,26+/m1/s1. The molecule has 0 spiro atoms. The van der Waals surface area contributed by atoms with E-state index in [0.717, 1.165) is 28.7 Å². The zero-order valence-corrected chi connectivity index (χ0v) is 19.5. The molecule has 4 rings (SSSR count). The third-order valence-corrected chi connectivity index (χ3v) is 6.31. The van der Waals surface area contributed by atoms with Gasteiger partial charge in [-0.1, -0.05) is 67.6 Å². The first-order chi connectivity index (χ1) is 16.6. The fraction of sp³-hybridized carbons (Fsp3) is 0.286. The first kappa shape index (κ1) is 23.5. The van der Waals surface area contributed by atoms with Gasteiger partial charge >= 0.3 is 0 Å². The van der Waals surface area contributed by atoms with Crippen molar-refractivity contribution >= 4 is 11.8 Å². The van der Waals surface area contributed by atoms with Crippen molar-refractivity contribution in [2.24, 2.45) is 0 Å². The Labute approximate surface area is 200 Å². The molecule has 3 aromatic rings. The van der Waals surface area contributed by atoms with Crippen LogP contribution < -0.4 is 10.1 Å². The number of amides is 2. The highest BCUT2D eigenvalue weighted by Crippen LogP contribution is 2.44. The van der Waals surface area contributed by atoms with Crippen LogP contribution in [0.5, 0.6) is 5.75 Å². The predicted octanol–water partition coefficient (Wildman–Crippen LogP) is 4.19. The lowest BCUT2D eigenvalue weighted by Crippen LogP contribution is -2.47. The molecule has 6 heteroatoms. The summed E-state index contributed by atoms with van der Waals surface area (Å²) in [6.45, 7) is 2.80. The second-order valence-electron chi connectivity index (χ2n) is 8.45. The van der Waals surface area contributed by atoms with Gasteiger partial charge in [0.2, 0.25) is 5.91 Å². The zero-order valence-electron chi connectivity index (χ0n) is 19.5. The molecule has 0 bridgehead atoms. The molecule has 1 aliphatic heterocycles. The lowest BCUT2D eigenvalue weighted by molar-refractivity contribution is -0.124. The van der Waals surface area contributed by atoms with Gasteiger partial charge in [-0.2, -0.15) is 0 Å². The Balaban J connectivity index is 1.87. The van der Waals surface area contributed by atoms with E-state index in [1.807, 2.05) is 73.7 Å². The van der Waals surface area contributed by atoms with Gasteiger partial charge in [0, 0.05) is 17.7 Å². The molecule has 34 heavy (non-hydrogen) atoms. The number of carbonyl (C=O) groups excluding carboxylic acids is 2. The van der Waals surface area contributed by atoms with Crippen molar-refractivity contribution in [3.8, 4) is 5.75 Å². The van der Waals surface area contributed by atoms with E-state index in [-0.39, 0.29) is 18.4 Å². The number of carbonyl (C=O) groups is 2. The Morgan fingerprint density at radius 1 is 1.03 bits per heavy atom. The number of aliphatic hydroxyl groups is 1. The van der Waals surface area contributed by atoms with Crippen LogP contribution in [0.2, 0.25) is 0 Å². The number of rotatable bonds is 8. The highest BCUT2D eigenvalue weighted by molar-refractivity contribution is 6.01. The summed E-state index contributed by atoms with van der Waals surface area (Å²) < 4.78 is 5.55. The summed E-state index contributed by atoms with van der Waals surface area (Å²) in [7, 11) is 1.61. The second kappa shape index (κ2) is 10.5. The Hall–Kier alpha value is -3.64. The number of nitrogens with zero attached hydrogens (tertiary/aromatic N) is 1. The molecule has 1 aliphatic rings. The lowest BCUT2D eigenvalue weighted by Gasteiger charge is -2.42. The van der Waals surface area contributed by atoms with Gasteiger partial charge in [0.15, 0.2) is 0 Å². The van der Waals surface area contributed by atoms with Crippen molar-refractivity contribution < 1.29 is 19.4 Å². The largest absolute Gasteiger partial charge is 0.496 e. The van der Waals surface area contributed by atoms with Crippen molar-refractivity contribution in [3.05, 3.63) is 101 Å². The van der Waals surface area contributed by atoms with Crippen LogP contribution in [0.3, 0.4) is 0 Å².